The molecule has 1 atom stereocenters. The second-order valence-electron chi connectivity index (χ2n) is 6.51. The van der Waals surface area contributed by atoms with Crippen LogP contribution in [0.4, 0.5) is 0 Å². The molecule has 0 radical (unpaired) electrons. The SMILES string of the molecule is C[C@@H]1CCCN(C(=O)C(=O)NC2CCCCCCC2)C1. The first kappa shape index (κ1) is 15.3. The van der Waals surface area contributed by atoms with Crippen molar-refractivity contribution in [3.8, 4) is 0 Å². The van der Waals surface area contributed by atoms with Crippen molar-refractivity contribution in [2.45, 2.75) is 70.8 Å². The molecule has 114 valence electrons. The Morgan fingerprint density at radius 2 is 1.60 bits per heavy atom. The normalized spacial score (nSPS) is 25.6. The van der Waals surface area contributed by atoms with Crippen molar-refractivity contribution in [2.24, 2.45) is 5.92 Å². The van der Waals surface area contributed by atoms with E-state index in [2.05, 4.69) is 12.2 Å². The van der Waals surface area contributed by atoms with Crippen LogP contribution in [0.25, 0.3) is 0 Å². The average molecular weight is 280 g/mol. The number of piperidine rings is 1. The van der Waals surface area contributed by atoms with Crippen LogP contribution in [0.3, 0.4) is 0 Å². The highest BCUT2D eigenvalue weighted by molar-refractivity contribution is 6.35. The molecule has 1 saturated carbocycles. The van der Waals surface area contributed by atoms with Gasteiger partial charge in [0.1, 0.15) is 0 Å². The number of rotatable bonds is 1. The number of hydrogen-bond acceptors (Lipinski definition) is 2. The molecule has 1 N–H and O–H groups in total. The fourth-order valence-corrected chi connectivity index (χ4v) is 3.37. The molecule has 1 aliphatic heterocycles. The van der Waals surface area contributed by atoms with Crippen LogP contribution in [-0.2, 0) is 9.59 Å². The smallest absolute Gasteiger partial charge is 0.311 e. The quantitative estimate of drug-likeness (QED) is 0.750. The maximum Gasteiger partial charge on any atom is 0.311 e. The predicted octanol–water partition coefficient (Wildman–Crippen LogP) is 2.47. The molecule has 2 amide bonds. The van der Waals surface area contributed by atoms with Crippen LogP contribution in [0.15, 0.2) is 0 Å². The molecule has 4 nitrogen and oxygen atoms in total. The second kappa shape index (κ2) is 7.65. The van der Waals surface area contributed by atoms with Gasteiger partial charge in [0.15, 0.2) is 0 Å². The Morgan fingerprint density at radius 3 is 2.25 bits per heavy atom. The van der Waals surface area contributed by atoms with Crippen molar-refractivity contribution in [1.29, 1.82) is 0 Å². The van der Waals surface area contributed by atoms with E-state index in [-0.39, 0.29) is 17.9 Å². The second-order valence-corrected chi connectivity index (χ2v) is 6.51. The lowest BCUT2D eigenvalue weighted by Crippen LogP contribution is -2.49. The van der Waals surface area contributed by atoms with Crippen molar-refractivity contribution in [2.75, 3.05) is 13.1 Å². The van der Waals surface area contributed by atoms with Gasteiger partial charge in [-0.3, -0.25) is 9.59 Å². The highest BCUT2D eigenvalue weighted by atomic mass is 16.2. The van der Waals surface area contributed by atoms with Gasteiger partial charge in [-0.25, -0.2) is 0 Å². The van der Waals surface area contributed by atoms with Gasteiger partial charge in [0.05, 0.1) is 0 Å². The summed E-state index contributed by atoms with van der Waals surface area (Å²) in [6, 6.07) is 0.203. The Balaban J connectivity index is 1.81. The minimum Gasteiger partial charge on any atom is -0.345 e. The molecule has 0 unspecified atom stereocenters. The first-order chi connectivity index (χ1) is 9.66. The van der Waals surface area contributed by atoms with E-state index in [0.29, 0.717) is 5.92 Å². The van der Waals surface area contributed by atoms with E-state index >= 15 is 0 Å². The molecular weight excluding hydrogens is 252 g/mol. The monoisotopic (exact) mass is 280 g/mol. The molecule has 2 rings (SSSR count). The minimum absolute atomic E-state index is 0.203. The molecule has 2 aliphatic rings. The topological polar surface area (TPSA) is 49.4 Å². The van der Waals surface area contributed by atoms with Gasteiger partial charge in [-0.2, -0.15) is 0 Å². The number of nitrogens with zero attached hydrogens (tertiary/aromatic N) is 1. The Kier molecular flexibility index (Phi) is 5.86. The van der Waals surface area contributed by atoms with E-state index in [4.69, 9.17) is 0 Å². The van der Waals surface area contributed by atoms with Crippen molar-refractivity contribution in [1.82, 2.24) is 10.2 Å². The molecule has 0 bridgehead atoms. The predicted molar refractivity (Wildman–Crippen MR) is 79.2 cm³/mol. The Bertz CT molecular complexity index is 335. The number of amides is 2. The third-order valence-corrected chi connectivity index (χ3v) is 4.58. The average Bonchev–Trinajstić information content (AvgIpc) is 2.40. The molecule has 1 saturated heterocycles. The van der Waals surface area contributed by atoms with E-state index in [9.17, 15) is 9.59 Å². The maximum atomic E-state index is 12.2. The first-order valence-corrected chi connectivity index (χ1v) is 8.26. The van der Waals surface area contributed by atoms with Gasteiger partial charge in [-0.05, 0) is 31.6 Å². The molecule has 1 heterocycles. The summed E-state index contributed by atoms with van der Waals surface area (Å²) in [5, 5.41) is 2.97. The van der Waals surface area contributed by atoms with Crippen molar-refractivity contribution < 1.29 is 9.59 Å². The van der Waals surface area contributed by atoms with Crippen LogP contribution in [0, 0.1) is 5.92 Å². The number of carbonyl (C=O) groups excluding carboxylic acids is 2. The molecule has 0 spiro atoms. The molecule has 4 heteroatoms. The molecule has 0 aromatic carbocycles. The summed E-state index contributed by atoms with van der Waals surface area (Å²) in [4.78, 5) is 26.0. The van der Waals surface area contributed by atoms with E-state index in [1.165, 1.54) is 32.1 Å². The van der Waals surface area contributed by atoms with Crippen LogP contribution >= 0.6 is 0 Å². The standard InChI is InChI=1S/C16H28N2O2/c1-13-8-7-11-18(12-13)16(20)15(19)17-14-9-5-3-2-4-6-10-14/h13-14H,2-12H2,1H3,(H,17,19)/t13-/m1/s1. The van der Waals surface area contributed by atoms with Gasteiger partial charge in [0.2, 0.25) is 0 Å². The van der Waals surface area contributed by atoms with Gasteiger partial charge in [-0.1, -0.05) is 39.0 Å². The highest BCUT2D eigenvalue weighted by Gasteiger charge is 2.27. The molecule has 0 aromatic rings. The summed E-state index contributed by atoms with van der Waals surface area (Å²) in [5.41, 5.74) is 0. The fourth-order valence-electron chi connectivity index (χ4n) is 3.37. The molecule has 0 aromatic heterocycles. The van der Waals surface area contributed by atoms with E-state index < -0.39 is 0 Å². The van der Waals surface area contributed by atoms with Crippen LogP contribution in [0.1, 0.15) is 64.7 Å². The number of nitrogens with one attached hydrogen (secondary N) is 1. The fraction of sp³-hybridized carbons (Fsp3) is 0.875. The van der Waals surface area contributed by atoms with Gasteiger partial charge >= 0.3 is 11.8 Å². The minimum atomic E-state index is -0.385. The summed E-state index contributed by atoms with van der Waals surface area (Å²) in [6.07, 6.45) is 10.4. The molecule has 2 fully saturated rings. The Labute approximate surface area is 122 Å². The van der Waals surface area contributed by atoms with Gasteiger partial charge in [0, 0.05) is 19.1 Å². The highest BCUT2D eigenvalue weighted by Crippen LogP contribution is 2.18. The third-order valence-electron chi connectivity index (χ3n) is 4.58. The lowest BCUT2D eigenvalue weighted by molar-refractivity contribution is -0.147. The Morgan fingerprint density at radius 1 is 0.950 bits per heavy atom. The zero-order chi connectivity index (χ0) is 14.4. The van der Waals surface area contributed by atoms with Gasteiger partial charge in [0.25, 0.3) is 0 Å². The summed E-state index contributed by atoms with van der Waals surface area (Å²) < 4.78 is 0. The summed E-state index contributed by atoms with van der Waals surface area (Å²) >= 11 is 0. The van der Waals surface area contributed by atoms with E-state index in [0.717, 1.165) is 38.8 Å². The van der Waals surface area contributed by atoms with Crippen LogP contribution in [0.2, 0.25) is 0 Å². The lowest BCUT2D eigenvalue weighted by atomic mass is 9.96. The molecule has 20 heavy (non-hydrogen) atoms. The summed E-state index contributed by atoms with van der Waals surface area (Å²) in [5.74, 6) is -0.190. The zero-order valence-electron chi connectivity index (χ0n) is 12.7. The van der Waals surface area contributed by atoms with Crippen LogP contribution in [0.5, 0.6) is 0 Å². The summed E-state index contributed by atoms with van der Waals surface area (Å²) in [7, 11) is 0. The zero-order valence-corrected chi connectivity index (χ0v) is 12.7. The summed E-state index contributed by atoms with van der Waals surface area (Å²) in [6.45, 7) is 3.62. The Hall–Kier alpha value is -1.06. The first-order valence-electron chi connectivity index (χ1n) is 8.26. The molecule has 1 aliphatic carbocycles. The van der Waals surface area contributed by atoms with Gasteiger partial charge in [-0.15, -0.1) is 0 Å². The van der Waals surface area contributed by atoms with Gasteiger partial charge < -0.3 is 10.2 Å². The van der Waals surface area contributed by atoms with Crippen LogP contribution in [-0.4, -0.2) is 35.8 Å². The van der Waals surface area contributed by atoms with E-state index in [1.807, 2.05) is 0 Å². The lowest BCUT2D eigenvalue weighted by Gasteiger charge is -2.31. The number of carbonyl (C=O) groups is 2. The van der Waals surface area contributed by atoms with Crippen LogP contribution < -0.4 is 5.32 Å². The molecular formula is C16H28N2O2. The third kappa shape index (κ3) is 4.50. The largest absolute Gasteiger partial charge is 0.345 e. The van der Waals surface area contributed by atoms with E-state index in [1.54, 1.807) is 4.90 Å². The van der Waals surface area contributed by atoms with Crippen molar-refractivity contribution >= 4 is 11.8 Å². The van der Waals surface area contributed by atoms with Crippen molar-refractivity contribution in [3.05, 3.63) is 0 Å². The maximum absolute atomic E-state index is 12.2. The van der Waals surface area contributed by atoms with Crippen molar-refractivity contribution in [3.63, 3.8) is 0 Å². The number of likely N-dealkylation sites (tertiary alicyclic amines) is 1. The number of hydrogen-bond donors (Lipinski definition) is 1.